The Bertz CT molecular complexity index is 75.5. The van der Waals surface area contributed by atoms with E-state index in [0.29, 0.717) is 4.83 Å². The SMILES string of the molecule is CC(Br)(Br)CC(Br)[CH]Br. The van der Waals surface area contributed by atoms with Crippen LogP contribution in [0.2, 0.25) is 0 Å². The zero-order valence-electron chi connectivity index (χ0n) is 4.87. The Morgan fingerprint density at radius 3 is 2.11 bits per heavy atom. The van der Waals surface area contributed by atoms with Crippen molar-refractivity contribution in [2.45, 2.75) is 21.4 Å². The Hall–Kier alpha value is 1.92. The van der Waals surface area contributed by atoms with E-state index in [0.717, 1.165) is 6.42 Å². The average Bonchev–Trinajstić information content (AvgIpc) is 1.62. The van der Waals surface area contributed by atoms with E-state index in [1.807, 2.05) is 5.33 Å². The van der Waals surface area contributed by atoms with Crippen molar-refractivity contribution >= 4 is 63.7 Å². The van der Waals surface area contributed by atoms with Crippen molar-refractivity contribution in [1.82, 2.24) is 0 Å². The van der Waals surface area contributed by atoms with E-state index >= 15 is 0 Å². The predicted molar refractivity (Wildman–Crippen MR) is 56.8 cm³/mol. The minimum atomic E-state index is 0.0401. The molecule has 0 aliphatic rings. The van der Waals surface area contributed by atoms with E-state index in [1.54, 1.807) is 0 Å². The number of rotatable bonds is 3. The highest BCUT2D eigenvalue weighted by atomic mass is 79.9. The van der Waals surface area contributed by atoms with Gasteiger partial charge in [-0.25, -0.2) is 0 Å². The molecule has 0 amide bonds. The van der Waals surface area contributed by atoms with Gasteiger partial charge in [0.2, 0.25) is 0 Å². The van der Waals surface area contributed by atoms with Crippen molar-refractivity contribution in [1.29, 1.82) is 0 Å². The van der Waals surface area contributed by atoms with Gasteiger partial charge >= 0.3 is 0 Å². The fraction of sp³-hybridized carbons (Fsp3) is 0.800. The average molecular weight is 387 g/mol. The van der Waals surface area contributed by atoms with Gasteiger partial charge in [-0.1, -0.05) is 63.7 Å². The molecule has 0 aromatic rings. The lowest BCUT2D eigenvalue weighted by Crippen LogP contribution is -2.11. The summed E-state index contributed by atoms with van der Waals surface area (Å²) in [4.78, 5) is 0.404. The van der Waals surface area contributed by atoms with Crippen LogP contribution in [0.5, 0.6) is 0 Å². The predicted octanol–water partition coefficient (Wildman–Crippen LogP) is 4.20. The number of hydrogen-bond donors (Lipinski definition) is 0. The molecular formula is C5H7Br4. The molecule has 0 heterocycles. The minimum Gasteiger partial charge on any atom is -0.0877 e. The maximum atomic E-state index is 3.47. The topological polar surface area (TPSA) is 0 Å². The summed E-state index contributed by atoms with van der Waals surface area (Å²) in [5.41, 5.74) is 0. The van der Waals surface area contributed by atoms with Crippen LogP contribution in [0.4, 0.5) is 0 Å². The van der Waals surface area contributed by atoms with E-state index in [4.69, 9.17) is 0 Å². The highest BCUT2D eigenvalue weighted by Gasteiger charge is 2.19. The molecule has 4 heteroatoms. The largest absolute Gasteiger partial charge is 0.0877 e. The second-order valence-corrected chi connectivity index (χ2v) is 8.19. The molecule has 1 radical (unpaired) electrons. The van der Waals surface area contributed by atoms with Gasteiger partial charge in [0.1, 0.15) is 0 Å². The Labute approximate surface area is 89.7 Å². The lowest BCUT2D eigenvalue weighted by atomic mass is 10.3. The first-order valence-corrected chi connectivity index (χ1v) is 5.83. The molecule has 0 bridgehead atoms. The molecule has 0 N–H and O–H groups in total. The van der Waals surface area contributed by atoms with Crippen molar-refractivity contribution < 1.29 is 0 Å². The molecule has 0 spiro atoms. The second-order valence-electron chi connectivity index (χ2n) is 1.92. The van der Waals surface area contributed by atoms with E-state index in [9.17, 15) is 0 Å². The van der Waals surface area contributed by atoms with E-state index < -0.39 is 0 Å². The van der Waals surface area contributed by atoms with Gasteiger partial charge in [0.25, 0.3) is 0 Å². The van der Waals surface area contributed by atoms with Gasteiger partial charge in [-0.05, 0) is 13.3 Å². The zero-order valence-corrected chi connectivity index (χ0v) is 11.2. The molecule has 0 aromatic carbocycles. The normalized spacial score (nSPS) is 15.7. The van der Waals surface area contributed by atoms with Gasteiger partial charge in [0.05, 0.1) is 3.23 Å². The summed E-state index contributed by atoms with van der Waals surface area (Å²) in [6.07, 6.45) is 0.998. The third-order valence-electron chi connectivity index (χ3n) is 0.690. The van der Waals surface area contributed by atoms with E-state index in [-0.39, 0.29) is 3.23 Å². The molecule has 0 aliphatic carbocycles. The van der Waals surface area contributed by atoms with Gasteiger partial charge in [0.15, 0.2) is 0 Å². The Morgan fingerprint density at radius 2 is 2.00 bits per heavy atom. The Kier molecular flexibility index (Phi) is 5.74. The second kappa shape index (κ2) is 4.73. The van der Waals surface area contributed by atoms with E-state index in [2.05, 4.69) is 70.6 Å². The molecule has 1 unspecified atom stereocenters. The first kappa shape index (κ1) is 10.9. The highest BCUT2D eigenvalue weighted by molar-refractivity contribution is 9.25. The Morgan fingerprint density at radius 1 is 1.56 bits per heavy atom. The van der Waals surface area contributed by atoms with Crippen molar-refractivity contribution in [3.05, 3.63) is 5.33 Å². The molecule has 0 aliphatic heterocycles. The van der Waals surface area contributed by atoms with Crippen LogP contribution in [0.1, 0.15) is 13.3 Å². The molecule has 0 saturated heterocycles. The molecule has 0 saturated carbocycles. The monoisotopic (exact) mass is 383 g/mol. The number of alkyl halides is 3. The molecular weight excluding hydrogens is 380 g/mol. The summed E-state index contributed by atoms with van der Waals surface area (Å²) in [5, 5.41) is 1.94. The van der Waals surface area contributed by atoms with Crippen LogP contribution < -0.4 is 0 Å². The molecule has 1 atom stereocenters. The first-order chi connectivity index (χ1) is 3.95. The summed E-state index contributed by atoms with van der Waals surface area (Å²) in [6, 6.07) is 0. The zero-order chi connectivity index (χ0) is 7.49. The van der Waals surface area contributed by atoms with Gasteiger partial charge < -0.3 is 0 Å². The summed E-state index contributed by atoms with van der Waals surface area (Å²) in [5.74, 6) is 0. The lowest BCUT2D eigenvalue weighted by molar-refractivity contribution is 0.824. The summed E-state index contributed by atoms with van der Waals surface area (Å²) in [6.45, 7) is 2.07. The summed E-state index contributed by atoms with van der Waals surface area (Å²) < 4.78 is 0.0401. The van der Waals surface area contributed by atoms with Crippen LogP contribution in [0, 0.1) is 5.33 Å². The quantitative estimate of drug-likeness (QED) is 0.638. The minimum absolute atomic E-state index is 0.0401. The van der Waals surface area contributed by atoms with Crippen molar-refractivity contribution in [2.75, 3.05) is 0 Å². The maximum Gasteiger partial charge on any atom is 0.0788 e. The van der Waals surface area contributed by atoms with E-state index in [1.165, 1.54) is 0 Å². The number of halogens is 4. The molecule has 0 fully saturated rings. The molecule has 0 rings (SSSR count). The van der Waals surface area contributed by atoms with Gasteiger partial charge in [-0.15, -0.1) is 0 Å². The lowest BCUT2D eigenvalue weighted by Gasteiger charge is -2.15. The molecule has 55 valence electrons. The van der Waals surface area contributed by atoms with Crippen LogP contribution >= 0.6 is 63.7 Å². The third-order valence-corrected chi connectivity index (χ3v) is 3.27. The first-order valence-electron chi connectivity index (χ1n) is 2.41. The third kappa shape index (κ3) is 7.82. The smallest absolute Gasteiger partial charge is 0.0788 e. The molecule has 0 aromatic heterocycles. The van der Waals surface area contributed by atoms with Crippen molar-refractivity contribution in [3.8, 4) is 0 Å². The van der Waals surface area contributed by atoms with Crippen molar-refractivity contribution in [2.24, 2.45) is 0 Å². The number of hydrogen-bond acceptors (Lipinski definition) is 0. The maximum absolute atomic E-state index is 3.47. The van der Waals surface area contributed by atoms with Crippen LogP contribution in [-0.4, -0.2) is 8.06 Å². The fourth-order valence-electron chi connectivity index (χ4n) is 0.387. The highest BCUT2D eigenvalue weighted by Crippen LogP contribution is 2.33. The van der Waals surface area contributed by atoms with Crippen LogP contribution in [-0.2, 0) is 0 Å². The fourth-order valence-corrected chi connectivity index (χ4v) is 2.79. The van der Waals surface area contributed by atoms with Crippen LogP contribution in [0.15, 0.2) is 0 Å². The summed E-state index contributed by atoms with van der Waals surface area (Å²) >= 11 is 13.6. The molecule has 9 heavy (non-hydrogen) atoms. The summed E-state index contributed by atoms with van der Waals surface area (Å²) in [7, 11) is 0. The van der Waals surface area contributed by atoms with Crippen LogP contribution in [0.25, 0.3) is 0 Å². The molecule has 0 nitrogen and oxygen atoms in total. The van der Waals surface area contributed by atoms with Crippen molar-refractivity contribution in [3.63, 3.8) is 0 Å². The van der Waals surface area contributed by atoms with Gasteiger partial charge in [-0.3, -0.25) is 0 Å². The van der Waals surface area contributed by atoms with Gasteiger partial charge in [0, 0.05) is 10.2 Å². The van der Waals surface area contributed by atoms with Gasteiger partial charge in [-0.2, -0.15) is 0 Å². The standard InChI is InChI=1S/C5H7Br4/c1-5(8,9)2-4(7)3-6/h3-4H,2H2,1H3. The van der Waals surface area contributed by atoms with Crippen LogP contribution in [0.3, 0.4) is 0 Å². The Balaban J connectivity index is 3.47.